The Kier molecular flexibility index (Phi) is 3.10. The van der Waals surface area contributed by atoms with E-state index in [0.717, 1.165) is 0 Å². The Labute approximate surface area is 81.5 Å². The van der Waals surface area contributed by atoms with E-state index in [0.29, 0.717) is 5.56 Å². The molecule has 4 nitrogen and oxygen atoms in total. The van der Waals surface area contributed by atoms with Crippen LogP contribution < -0.4 is 11.5 Å². The smallest absolute Gasteiger partial charge is 0.250 e. The van der Waals surface area contributed by atoms with Crippen LogP contribution in [-0.2, 0) is 0 Å². The summed E-state index contributed by atoms with van der Waals surface area (Å²) in [6.07, 6.45) is 0. The fourth-order valence-corrected chi connectivity index (χ4v) is 0.991. The highest BCUT2D eigenvalue weighted by atomic mass is 16.3. The molecule has 1 rings (SSSR count). The molecule has 0 aliphatic rings. The fourth-order valence-electron chi connectivity index (χ4n) is 0.991. The third-order valence-electron chi connectivity index (χ3n) is 1.59. The number of phenolic OH excluding ortho intramolecular Hbond substituents is 1. The molecule has 1 amide bonds. The van der Waals surface area contributed by atoms with Crippen LogP contribution in [0.5, 0.6) is 5.75 Å². The largest absolute Gasteiger partial charge is 0.508 e. The van der Waals surface area contributed by atoms with Gasteiger partial charge in [0.05, 0.1) is 12.1 Å². The van der Waals surface area contributed by atoms with Crippen LogP contribution in [0.1, 0.15) is 15.9 Å². The molecule has 0 bridgehead atoms. The van der Waals surface area contributed by atoms with Crippen LogP contribution in [0.4, 0.5) is 0 Å². The van der Waals surface area contributed by atoms with E-state index in [4.69, 9.17) is 16.6 Å². The molecule has 0 unspecified atom stereocenters. The number of benzene rings is 1. The van der Waals surface area contributed by atoms with Gasteiger partial charge in [-0.05, 0) is 18.2 Å². The van der Waals surface area contributed by atoms with Crippen LogP contribution in [0.2, 0.25) is 0 Å². The summed E-state index contributed by atoms with van der Waals surface area (Å²) in [5.41, 5.74) is 11.0. The minimum absolute atomic E-state index is 0.0166. The van der Waals surface area contributed by atoms with E-state index in [9.17, 15) is 4.79 Å². The summed E-state index contributed by atoms with van der Waals surface area (Å²) < 4.78 is 0. The number of rotatable bonds is 1. The zero-order valence-corrected chi connectivity index (χ0v) is 7.45. The Morgan fingerprint density at radius 2 is 2.21 bits per heavy atom. The van der Waals surface area contributed by atoms with Crippen molar-refractivity contribution < 1.29 is 9.90 Å². The number of aromatic hydroxyl groups is 1. The molecule has 0 radical (unpaired) electrons. The van der Waals surface area contributed by atoms with Crippen molar-refractivity contribution in [2.45, 2.75) is 0 Å². The van der Waals surface area contributed by atoms with Gasteiger partial charge in [0.15, 0.2) is 0 Å². The van der Waals surface area contributed by atoms with Crippen LogP contribution in [0.3, 0.4) is 0 Å². The summed E-state index contributed by atoms with van der Waals surface area (Å²) >= 11 is 0. The van der Waals surface area contributed by atoms with Crippen molar-refractivity contribution in [1.82, 2.24) is 0 Å². The Morgan fingerprint density at radius 3 is 2.79 bits per heavy atom. The van der Waals surface area contributed by atoms with E-state index >= 15 is 0 Å². The lowest BCUT2D eigenvalue weighted by molar-refractivity contribution is 0.0999. The van der Waals surface area contributed by atoms with Crippen LogP contribution in [0.15, 0.2) is 18.2 Å². The van der Waals surface area contributed by atoms with Crippen LogP contribution in [-0.4, -0.2) is 17.6 Å². The molecule has 0 fully saturated rings. The van der Waals surface area contributed by atoms with E-state index in [1.165, 1.54) is 18.2 Å². The summed E-state index contributed by atoms with van der Waals surface area (Å²) in [4.78, 5) is 10.9. The summed E-state index contributed by atoms with van der Waals surface area (Å²) in [5.74, 6) is 4.66. The first-order valence-corrected chi connectivity index (χ1v) is 3.97. The maximum Gasteiger partial charge on any atom is 0.250 e. The first-order chi connectivity index (χ1) is 6.65. The zero-order chi connectivity index (χ0) is 10.6. The van der Waals surface area contributed by atoms with Crippen molar-refractivity contribution >= 4 is 5.91 Å². The lowest BCUT2D eigenvalue weighted by atomic mass is 10.1. The molecule has 1 aromatic carbocycles. The van der Waals surface area contributed by atoms with E-state index in [1.807, 2.05) is 0 Å². The van der Waals surface area contributed by atoms with Gasteiger partial charge < -0.3 is 16.6 Å². The number of nitrogens with two attached hydrogens (primary N) is 2. The first-order valence-electron chi connectivity index (χ1n) is 3.97. The predicted octanol–water partition coefficient (Wildman–Crippen LogP) is -0.199. The van der Waals surface area contributed by atoms with Gasteiger partial charge in [0.2, 0.25) is 5.91 Å². The van der Waals surface area contributed by atoms with Crippen molar-refractivity contribution in [2.75, 3.05) is 6.54 Å². The van der Waals surface area contributed by atoms with Gasteiger partial charge in [-0.25, -0.2) is 0 Å². The highest BCUT2D eigenvalue weighted by Gasteiger charge is 2.06. The van der Waals surface area contributed by atoms with Crippen molar-refractivity contribution in [3.05, 3.63) is 29.3 Å². The van der Waals surface area contributed by atoms with Crippen molar-refractivity contribution in [2.24, 2.45) is 11.5 Å². The molecule has 0 aliphatic heterocycles. The molecule has 0 aliphatic carbocycles. The van der Waals surface area contributed by atoms with Gasteiger partial charge in [0.1, 0.15) is 5.75 Å². The summed E-state index contributed by atoms with van der Waals surface area (Å²) in [5, 5.41) is 9.13. The molecule has 4 heteroatoms. The summed E-state index contributed by atoms with van der Waals surface area (Å²) in [6.45, 7) is 0.207. The monoisotopic (exact) mass is 190 g/mol. The molecule has 0 atom stereocenters. The highest BCUT2D eigenvalue weighted by Crippen LogP contribution is 2.15. The average Bonchev–Trinajstić information content (AvgIpc) is 2.15. The number of amides is 1. The number of carbonyl (C=O) groups excluding carboxylic acids is 1. The van der Waals surface area contributed by atoms with E-state index < -0.39 is 5.91 Å². The van der Waals surface area contributed by atoms with Gasteiger partial charge in [0, 0.05) is 5.56 Å². The number of primary amides is 1. The standard InChI is InChI=1S/C10H10N2O2/c11-5-1-2-7-3-4-8(13)6-9(7)10(12)14/h3-4,6,13H,5,11H2,(H2,12,14). The first kappa shape index (κ1) is 10.1. The molecule has 0 saturated carbocycles. The third-order valence-corrected chi connectivity index (χ3v) is 1.59. The number of hydrogen-bond donors (Lipinski definition) is 3. The zero-order valence-electron chi connectivity index (χ0n) is 7.45. The van der Waals surface area contributed by atoms with Gasteiger partial charge in [-0.15, -0.1) is 0 Å². The van der Waals surface area contributed by atoms with Crippen molar-refractivity contribution in [3.63, 3.8) is 0 Å². The molecule has 14 heavy (non-hydrogen) atoms. The Hall–Kier alpha value is -1.99. The molecular weight excluding hydrogens is 180 g/mol. The van der Waals surface area contributed by atoms with Crippen LogP contribution in [0.25, 0.3) is 0 Å². The second-order valence-corrected chi connectivity index (χ2v) is 2.60. The maximum atomic E-state index is 10.9. The van der Waals surface area contributed by atoms with Gasteiger partial charge in [0.25, 0.3) is 0 Å². The van der Waals surface area contributed by atoms with Gasteiger partial charge in [-0.2, -0.15) is 0 Å². The minimum Gasteiger partial charge on any atom is -0.508 e. The van der Waals surface area contributed by atoms with Crippen LogP contribution in [0, 0.1) is 11.8 Å². The van der Waals surface area contributed by atoms with Crippen LogP contribution >= 0.6 is 0 Å². The summed E-state index contributed by atoms with van der Waals surface area (Å²) in [6, 6.07) is 4.24. The second kappa shape index (κ2) is 4.30. The molecule has 1 aromatic rings. The molecule has 72 valence electrons. The summed E-state index contributed by atoms with van der Waals surface area (Å²) in [7, 11) is 0. The van der Waals surface area contributed by atoms with E-state index in [-0.39, 0.29) is 17.9 Å². The second-order valence-electron chi connectivity index (χ2n) is 2.60. The van der Waals surface area contributed by atoms with Gasteiger partial charge in [-0.1, -0.05) is 11.8 Å². The Balaban J connectivity index is 3.22. The fraction of sp³-hybridized carbons (Fsp3) is 0.100. The topological polar surface area (TPSA) is 89.3 Å². The van der Waals surface area contributed by atoms with Crippen molar-refractivity contribution in [1.29, 1.82) is 0 Å². The Bertz CT molecular complexity index is 416. The molecule has 0 heterocycles. The molecule has 5 N–H and O–H groups in total. The number of phenols is 1. The van der Waals surface area contributed by atoms with Gasteiger partial charge in [-0.3, -0.25) is 4.79 Å². The highest BCUT2D eigenvalue weighted by molar-refractivity contribution is 5.95. The average molecular weight is 190 g/mol. The quantitative estimate of drug-likeness (QED) is 0.536. The number of carbonyl (C=O) groups is 1. The lowest BCUT2D eigenvalue weighted by Gasteiger charge is -2.00. The SMILES string of the molecule is NCC#Cc1ccc(O)cc1C(N)=O. The molecule has 0 spiro atoms. The minimum atomic E-state index is -0.623. The normalized spacial score (nSPS) is 8.93. The number of hydrogen-bond acceptors (Lipinski definition) is 3. The Morgan fingerprint density at radius 1 is 1.50 bits per heavy atom. The lowest BCUT2D eigenvalue weighted by Crippen LogP contribution is -2.12. The van der Waals surface area contributed by atoms with E-state index in [2.05, 4.69) is 11.8 Å². The van der Waals surface area contributed by atoms with Gasteiger partial charge >= 0.3 is 0 Å². The molecular formula is C10H10N2O2. The van der Waals surface area contributed by atoms with E-state index in [1.54, 1.807) is 0 Å². The predicted molar refractivity (Wildman–Crippen MR) is 52.6 cm³/mol. The maximum absolute atomic E-state index is 10.9. The third kappa shape index (κ3) is 2.25. The molecule has 0 aromatic heterocycles. The molecule has 0 saturated heterocycles. The van der Waals surface area contributed by atoms with Crippen molar-refractivity contribution in [3.8, 4) is 17.6 Å².